The highest BCUT2D eigenvalue weighted by molar-refractivity contribution is 5.98. The quantitative estimate of drug-likeness (QED) is 0.0395. The van der Waals surface area contributed by atoms with Crippen LogP contribution in [0.25, 0.3) is 0 Å². The number of hydrogen-bond acceptors (Lipinski definition) is 12. The van der Waals surface area contributed by atoms with Crippen LogP contribution in [0.15, 0.2) is 91.1 Å². The number of amides is 2. The number of carbonyl (C=O) groups is 6. The topological polar surface area (TPSA) is 197 Å². The fourth-order valence-electron chi connectivity index (χ4n) is 8.86. The van der Waals surface area contributed by atoms with Gasteiger partial charge in [-0.25, -0.2) is 4.79 Å². The molecule has 2 aliphatic heterocycles. The first-order valence-corrected chi connectivity index (χ1v) is 24.6. The Kier molecular flexibility index (Phi) is 19.1. The SMILES string of the molecule is CC(C)C[C@H](NC(=O)[C@H](CCc1ccccc1)CC(=O)C[N+]1(COC(=O)c2ccc(OCc3cn(C)nn3)cc2)CCOCC1)C(=O)C[C@@H](Cc1ccccc1)C(=O)N[C@@H](CC(C)C)C(=O)[C@@]1(C)CO1. The van der Waals surface area contributed by atoms with Crippen molar-refractivity contribution < 1.29 is 52.2 Å². The van der Waals surface area contributed by atoms with Gasteiger partial charge in [-0.2, -0.15) is 0 Å². The summed E-state index contributed by atoms with van der Waals surface area (Å²) in [5.74, 6) is -3.02. The number of ketones is 3. The Balaban J connectivity index is 1.14. The Labute approximate surface area is 411 Å². The fourth-order valence-corrected chi connectivity index (χ4v) is 8.86. The predicted molar refractivity (Wildman–Crippen MR) is 261 cm³/mol. The van der Waals surface area contributed by atoms with Gasteiger partial charge < -0.3 is 29.6 Å². The Bertz CT molecular complexity index is 2360. The van der Waals surface area contributed by atoms with Crippen molar-refractivity contribution in [2.45, 2.75) is 104 Å². The van der Waals surface area contributed by atoms with Crippen LogP contribution in [0.5, 0.6) is 5.75 Å². The highest BCUT2D eigenvalue weighted by atomic mass is 16.6. The predicted octanol–water partition coefficient (Wildman–Crippen LogP) is 5.80. The highest BCUT2D eigenvalue weighted by Gasteiger charge is 2.50. The number of nitrogens with one attached hydrogen (secondary N) is 2. The minimum atomic E-state index is -0.940. The molecule has 0 aliphatic carbocycles. The maximum Gasteiger partial charge on any atom is 0.342 e. The van der Waals surface area contributed by atoms with E-state index >= 15 is 0 Å². The summed E-state index contributed by atoms with van der Waals surface area (Å²) in [5, 5.41) is 14.0. The van der Waals surface area contributed by atoms with Gasteiger partial charge in [0.2, 0.25) is 18.5 Å². The summed E-state index contributed by atoms with van der Waals surface area (Å²) in [5.41, 5.74) is 1.90. The van der Waals surface area contributed by atoms with Gasteiger partial charge in [0.25, 0.3) is 0 Å². The van der Waals surface area contributed by atoms with Crippen molar-refractivity contribution in [1.82, 2.24) is 25.6 Å². The summed E-state index contributed by atoms with van der Waals surface area (Å²) in [6.45, 7) is 11.7. The number of quaternary nitrogens is 1. The number of nitrogens with zero attached hydrogens (tertiary/aromatic N) is 4. The molecule has 0 spiro atoms. The Morgan fingerprint density at radius 1 is 0.786 bits per heavy atom. The summed E-state index contributed by atoms with van der Waals surface area (Å²) < 4.78 is 24.5. The molecule has 0 radical (unpaired) electrons. The number of Topliss-reactive ketones (excluding diaryl/α,β-unsaturated/α-hetero) is 3. The monoisotopic (exact) mass is 964 g/mol. The van der Waals surface area contributed by atoms with Crippen molar-refractivity contribution in [1.29, 1.82) is 0 Å². The maximum absolute atomic E-state index is 14.6. The van der Waals surface area contributed by atoms with Crippen LogP contribution in [0, 0.1) is 23.7 Å². The van der Waals surface area contributed by atoms with Crippen LogP contribution in [0.3, 0.4) is 0 Å². The van der Waals surface area contributed by atoms with Gasteiger partial charge >= 0.3 is 5.97 Å². The molecule has 70 heavy (non-hydrogen) atoms. The molecule has 4 aromatic rings. The van der Waals surface area contributed by atoms with Gasteiger partial charge in [-0.05, 0) is 86.3 Å². The molecule has 16 heteroatoms. The van der Waals surface area contributed by atoms with Crippen LogP contribution in [-0.2, 0) is 64.7 Å². The van der Waals surface area contributed by atoms with Gasteiger partial charge in [-0.1, -0.05) is 93.6 Å². The number of aromatic nitrogens is 3. The summed E-state index contributed by atoms with van der Waals surface area (Å²) >= 11 is 0. The molecule has 2 amide bonds. The lowest BCUT2D eigenvalue weighted by Crippen LogP contribution is -2.59. The van der Waals surface area contributed by atoms with E-state index in [2.05, 4.69) is 20.9 Å². The van der Waals surface area contributed by atoms with Crippen LogP contribution >= 0.6 is 0 Å². The minimum Gasteiger partial charge on any atom is -0.487 e. The summed E-state index contributed by atoms with van der Waals surface area (Å²) in [6.07, 6.45) is 3.32. The van der Waals surface area contributed by atoms with E-state index in [1.165, 1.54) is 0 Å². The zero-order valence-electron chi connectivity index (χ0n) is 41.6. The van der Waals surface area contributed by atoms with Crippen molar-refractivity contribution in [3.8, 4) is 5.75 Å². The number of hydrogen-bond donors (Lipinski definition) is 2. The highest BCUT2D eigenvalue weighted by Crippen LogP contribution is 2.30. The second-order valence-corrected chi connectivity index (χ2v) is 20.1. The average Bonchev–Trinajstić information content (AvgIpc) is 3.96. The summed E-state index contributed by atoms with van der Waals surface area (Å²) in [7, 11) is 1.77. The summed E-state index contributed by atoms with van der Waals surface area (Å²) in [4.78, 5) is 84.5. The molecule has 0 bridgehead atoms. The van der Waals surface area contributed by atoms with Crippen molar-refractivity contribution in [2.24, 2.45) is 30.7 Å². The third kappa shape index (κ3) is 16.2. The van der Waals surface area contributed by atoms with Gasteiger partial charge in [-0.15, -0.1) is 5.10 Å². The maximum atomic E-state index is 14.6. The van der Waals surface area contributed by atoms with E-state index in [0.29, 0.717) is 75.6 Å². The van der Waals surface area contributed by atoms with Crippen LogP contribution in [0.4, 0.5) is 0 Å². The lowest BCUT2D eigenvalue weighted by Gasteiger charge is -2.39. The Hall–Kier alpha value is -6.10. The molecule has 6 rings (SSSR count). The molecular formula is C54H71N6O10+. The molecule has 376 valence electrons. The lowest BCUT2D eigenvalue weighted by atomic mass is 9.87. The molecular weight excluding hydrogens is 893 g/mol. The molecule has 2 saturated heterocycles. The zero-order chi connectivity index (χ0) is 50.3. The van der Waals surface area contributed by atoms with Crippen LogP contribution in [-0.4, -0.2) is 118 Å². The number of aryl methyl sites for hydroxylation is 2. The van der Waals surface area contributed by atoms with Gasteiger partial charge in [-0.3, -0.25) is 33.1 Å². The number of esters is 1. The number of carbonyl (C=O) groups excluding carboxylic acids is 6. The van der Waals surface area contributed by atoms with Crippen LogP contribution in [0.1, 0.15) is 93.9 Å². The summed E-state index contributed by atoms with van der Waals surface area (Å²) in [6, 6.07) is 24.0. The number of morpholine rings is 1. The number of rotatable bonds is 28. The van der Waals surface area contributed by atoms with Gasteiger partial charge in [0.15, 0.2) is 17.3 Å². The molecule has 2 fully saturated rings. The molecule has 3 aromatic carbocycles. The fraction of sp³-hybridized carbons (Fsp3) is 0.519. The van der Waals surface area contributed by atoms with E-state index in [9.17, 15) is 28.8 Å². The minimum absolute atomic E-state index is 0.00185. The first-order chi connectivity index (χ1) is 33.5. The van der Waals surface area contributed by atoms with Crippen molar-refractivity contribution in [3.63, 3.8) is 0 Å². The van der Waals surface area contributed by atoms with Gasteiger partial charge in [0.1, 0.15) is 43.3 Å². The zero-order valence-corrected chi connectivity index (χ0v) is 41.6. The van der Waals surface area contributed by atoms with Crippen molar-refractivity contribution in [2.75, 3.05) is 46.2 Å². The largest absolute Gasteiger partial charge is 0.487 e. The third-order valence-corrected chi connectivity index (χ3v) is 13.0. The average molecular weight is 964 g/mol. The number of benzene rings is 3. The van der Waals surface area contributed by atoms with E-state index in [0.717, 1.165) is 11.1 Å². The molecule has 0 saturated carbocycles. The smallest absolute Gasteiger partial charge is 0.342 e. The lowest BCUT2D eigenvalue weighted by molar-refractivity contribution is -0.943. The number of ether oxygens (including phenoxy) is 4. The molecule has 5 atom stereocenters. The van der Waals surface area contributed by atoms with Crippen LogP contribution < -0.4 is 15.4 Å². The van der Waals surface area contributed by atoms with E-state index in [1.807, 2.05) is 88.4 Å². The van der Waals surface area contributed by atoms with Gasteiger partial charge in [0.05, 0.1) is 43.7 Å². The molecule has 2 N–H and O–H groups in total. The molecule has 16 nitrogen and oxygen atoms in total. The Morgan fingerprint density at radius 3 is 1.99 bits per heavy atom. The van der Waals surface area contributed by atoms with E-state index in [-0.39, 0.29) is 72.8 Å². The van der Waals surface area contributed by atoms with Crippen LogP contribution in [0.2, 0.25) is 0 Å². The first kappa shape index (κ1) is 53.3. The van der Waals surface area contributed by atoms with E-state index in [4.69, 9.17) is 18.9 Å². The second kappa shape index (κ2) is 25.1. The molecule has 0 unspecified atom stereocenters. The van der Waals surface area contributed by atoms with E-state index < -0.39 is 47.3 Å². The molecule has 2 aliphatic rings. The first-order valence-electron chi connectivity index (χ1n) is 24.6. The van der Waals surface area contributed by atoms with Crippen molar-refractivity contribution in [3.05, 3.63) is 114 Å². The molecule has 3 heterocycles. The second-order valence-electron chi connectivity index (χ2n) is 20.1. The van der Waals surface area contributed by atoms with Crippen molar-refractivity contribution >= 4 is 35.1 Å². The molecule has 1 aromatic heterocycles. The number of epoxide rings is 1. The van der Waals surface area contributed by atoms with E-state index in [1.54, 1.807) is 49.1 Å². The van der Waals surface area contributed by atoms with Gasteiger partial charge in [0, 0.05) is 31.7 Å². The normalized spacial score (nSPS) is 18.0. The standard InChI is InChI=1S/C54H70N6O10/c1-37(2)27-47(49(62)31-43(29-40-15-11-8-12-16-40)52(65)56-48(28-38(3)4)50(63)54(5)35-70-54)55-51(64)42(18-17-39-13-9-7-10-14-39)30-45(61)33-60(23-25-67-26-24-60)36-69-53(66)41-19-21-46(22-20-41)68-34-44-32-59(6)58-57-44/h7-16,19-22,32,37-38,42-43,47-48H,17-18,23-31,33-36H2,1-6H3,(H-,55,56,64,65)/p+1/t42-,43-,47+,48+,54-/m1/s1. The third-order valence-electron chi connectivity index (χ3n) is 13.0. The Morgan fingerprint density at radius 2 is 1.39 bits per heavy atom.